The number of rotatable bonds is 2. The maximum Gasteiger partial charge on any atom is 0.0972 e. The van der Waals surface area contributed by atoms with Crippen molar-refractivity contribution in [3.8, 4) is 22.6 Å². The molecule has 0 radical (unpaired) electrons. The van der Waals surface area contributed by atoms with Crippen LogP contribution >= 0.6 is 11.6 Å². The van der Waals surface area contributed by atoms with E-state index in [4.69, 9.17) is 21.6 Å². The van der Waals surface area contributed by atoms with Gasteiger partial charge < -0.3 is 0 Å². The number of hydrogen-bond donors (Lipinski definition) is 0. The highest BCUT2D eigenvalue weighted by molar-refractivity contribution is 6.30. The molecule has 2 nitrogen and oxygen atoms in total. The lowest BCUT2D eigenvalue weighted by Gasteiger charge is -2.10. The van der Waals surface area contributed by atoms with Gasteiger partial charge in [-0.2, -0.15) is 0 Å². The second-order valence-electron chi connectivity index (χ2n) is 6.44. The van der Waals surface area contributed by atoms with E-state index in [0.29, 0.717) is 0 Å². The van der Waals surface area contributed by atoms with Crippen molar-refractivity contribution < 1.29 is 0 Å². The monoisotopic (exact) mass is 366 g/mol. The van der Waals surface area contributed by atoms with Gasteiger partial charge in [0.15, 0.2) is 0 Å². The lowest BCUT2D eigenvalue weighted by Crippen LogP contribution is -1.93. The molecule has 2 aromatic heterocycles. The molecule has 0 unspecified atom stereocenters. The van der Waals surface area contributed by atoms with Gasteiger partial charge in [-0.1, -0.05) is 72.3 Å². The van der Waals surface area contributed by atoms with Crippen LogP contribution in [-0.2, 0) is 0 Å². The third-order valence-corrected chi connectivity index (χ3v) is 4.99. The van der Waals surface area contributed by atoms with E-state index in [9.17, 15) is 0 Å². The summed E-state index contributed by atoms with van der Waals surface area (Å²) in [6.07, 6.45) is 0. The lowest BCUT2D eigenvalue weighted by atomic mass is 10.0. The molecule has 0 aliphatic heterocycles. The number of benzene rings is 3. The van der Waals surface area contributed by atoms with Crippen LogP contribution in [0.25, 0.3) is 44.3 Å². The fourth-order valence-electron chi connectivity index (χ4n) is 3.45. The fraction of sp³-hybridized carbons (Fsp3) is 0. The average molecular weight is 367 g/mol. The van der Waals surface area contributed by atoms with Gasteiger partial charge in [-0.05, 0) is 35.7 Å². The molecule has 5 rings (SSSR count). The highest BCUT2D eigenvalue weighted by atomic mass is 35.5. The molecule has 0 fully saturated rings. The Morgan fingerprint density at radius 3 is 2.00 bits per heavy atom. The molecule has 2 heterocycles. The Morgan fingerprint density at radius 1 is 0.519 bits per heavy atom. The van der Waals surface area contributed by atoms with Crippen LogP contribution in [0.3, 0.4) is 0 Å². The van der Waals surface area contributed by atoms with Gasteiger partial charge in [0.25, 0.3) is 0 Å². The maximum atomic E-state index is 6.02. The van der Waals surface area contributed by atoms with Gasteiger partial charge in [-0.3, -0.25) is 0 Å². The largest absolute Gasteiger partial charge is 0.246 e. The summed E-state index contributed by atoms with van der Waals surface area (Å²) in [4.78, 5) is 9.83. The van der Waals surface area contributed by atoms with Crippen molar-refractivity contribution in [2.24, 2.45) is 0 Å². The number of halogens is 1. The van der Waals surface area contributed by atoms with E-state index < -0.39 is 0 Å². The van der Waals surface area contributed by atoms with Crippen molar-refractivity contribution in [2.45, 2.75) is 0 Å². The molecular weight excluding hydrogens is 352 g/mol. The zero-order valence-electron chi connectivity index (χ0n) is 14.4. The average Bonchev–Trinajstić information content (AvgIpc) is 2.74. The van der Waals surface area contributed by atoms with Gasteiger partial charge >= 0.3 is 0 Å². The molecule has 0 N–H and O–H groups in total. The quantitative estimate of drug-likeness (QED) is 0.322. The normalized spacial score (nSPS) is 11.1. The molecule has 3 heteroatoms. The van der Waals surface area contributed by atoms with Crippen LogP contribution in [-0.4, -0.2) is 9.97 Å². The molecule has 0 saturated carbocycles. The topological polar surface area (TPSA) is 25.8 Å². The molecule has 5 aromatic rings. The molecule has 0 atom stereocenters. The van der Waals surface area contributed by atoms with E-state index in [0.717, 1.165) is 44.0 Å². The van der Waals surface area contributed by atoms with Crippen LogP contribution in [0.5, 0.6) is 0 Å². The number of para-hydroxylation sites is 1. The van der Waals surface area contributed by atoms with Gasteiger partial charge in [0, 0.05) is 21.4 Å². The first-order chi connectivity index (χ1) is 13.3. The predicted molar refractivity (Wildman–Crippen MR) is 113 cm³/mol. The SMILES string of the molecule is Clc1ccc(-c2cccc(-c3nc4ccccc4c4ccccc34)n2)cc1. The van der Waals surface area contributed by atoms with Gasteiger partial charge in [-0.15, -0.1) is 0 Å². The Balaban J connectivity index is 1.76. The third kappa shape index (κ3) is 2.84. The summed E-state index contributed by atoms with van der Waals surface area (Å²) in [6, 6.07) is 30.4. The minimum Gasteiger partial charge on any atom is -0.246 e. The molecule has 128 valence electrons. The highest BCUT2D eigenvalue weighted by Crippen LogP contribution is 2.32. The highest BCUT2D eigenvalue weighted by Gasteiger charge is 2.11. The number of hydrogen-bond acceptors (Lipinski definition) is 2. The number of aromatic nitrogens is 2. The molecule has 27 heavy (non-hydrogen) atoms. The smallest absolute Gasteiger partial charge is 0.0972 e. The molecule has 0 aliphatic carbocycles. The minimum absolute atomic E-state index is 0.720. The molecule has 0 spiro atoms. The zero-order chi connectivity index (χ0) is 18.2. The van der Waals surface area contributed by atoms with E-state index in [-0.39, 0.29) is 0 Å². The van der Waals surface area contributed by atoms with E-state index in [1.54, 1.807) is 0 Å². The molecule has 0 amide bonds. The fourth-order valence-corrected chi connectivity index (χ4v) is 3.57. The van der Waals surface area contributed by atoms with Crippen LogP contribution in [0, 0.1) is 0 Å². The maximum absolute atomic E-state index is 6.02. The van der Waals surface area contributed by atoms with Crippen LogP contribution in [0.2, 0.25) is 5.02 Å². The first-order valence-electron chi connectivity index (χ1n) is 8.80. The predicted octanol–water partition coefficient (Wildman–Crippen LogP) is 6.77. The van der Waals surface area contributed by atoms with Crippen LogP contribution in [0.15, 0.2) is 91.0 Å². The van der Waals surface area contributed by atoms with Gasteiger partial charge in [-0.25, -0.2) is 9.97 Å². The van der Waals surface area contributed by atoms with Crippen molar-refractivity contribution in [3.63, 3.8) is 0 Å². The zero-order valence-corrected chi connectivity index (χ0v) is 15.2. The van der Waals surface area contributed by atoms with E-state index in [2.05, 4.69) is 30.3 Å². The Kier molecular flexibility index (Phi) is 3.84. The van der Waals surface area contributed by atoms with Crippen molar-refractivity contribution >= 4 is 33.3 Å². The van der Waals surface area contributed by atoms with Gasteiger partial charge in [0.05, 0.1) is 22.6 Å². The van der Waals surface area contributed by atoms with Crippen LogP contribution in [0.1, 0.15) is 0 Å². The van der Waals surface area contributed by atoms with Crippen molar-refractivity contribution in [2.75, 3.05) is 0 Å². The van der Waals surface area contributed by atoms with E-state index in [1.807, 2.05) is 60.7 Å². The Hall–Kier alpha value is -3.23. The molecule has 0 bridgehead atoms. The summed E-state index contributed by atoms with van der Waals surface area (Å²) < 4.78 is 0. The molecule has 3 aromatic carbocycles. The van der Waals surface area contributed by atoms with Gasteiger partial charge in [0.1, 0.15) is 0 Å². The Labute approximate surface area is 162 Å². The Morgan fingerprint density at radius 2 is 1.19 bits per heavy atom. The molecular formula is C24H15ClN2. The van der Waals surface area contributed by atoms with Crippen molar-refractivity contribution in [1.29, 1.82) is 0 Å². The van der Waals surface area contributed by atoms with E-state index >= 15 is 0 Å². The summed E-state index contributed by atoms with van der Waals surface area (Å²) in [5.74, 6) is 0. The van der Waals surface area contributed by atoms with E-state index in [1.165, 1.54) is 5.39 Å². The second kappa shape index (κ2) is 6.49. The summed E-state index contributed by atoms with van der Waals surface area (Å²) in [7, 11) is 0. The van der Waals surface area contributed by atoms with Crippen LogP contribution in [0.4, 0.5) is 0 Å². The van der Waals surface area contributed by atoms with Gasteiger partial charge in [0.2, 0.25) is 0 Å². The number of fused-ring (bicyclic) bond motifs is 3. The Bertz CT molecular complexity index is 1280. The number of nitrogens with zero attached hydrogens (tertiary/aromatic N) is 2. The van der Waals surface area contributed by atoms with Crippen molar-refractivity contribution in [3.05, 3.63) is 96.0 Å². The summed E-state index contributed by atoms with van der Waals surface area (Å²) in [5, 5.41) is 4.18. The standard InChI is InChI=1S/C24H15ClN2/c25-17-14-12-16(13-15-17)21-10-5-11-23(26-21)24-20-8-2-1-6-18(20)19-7-3-4-9-22(19)27-24/h1-15H. The first-order valence-corrected chi connectivity index (χ1v) is 9.18. The summed E-state index contributed by atoms with van der Waals surface area (Å²) in [6.45, 7) is 0. The van der Waals surface area contributed by atoms with Crippen molar-refractivity contribution in [1.82, 2.24) is 9.97 Å². The third-order valence-electron chi connectivity index (χ3n) is 4.74. The van der Waals surface area contributed by atoms with Crippen LogP contribution < -0.4 is 0 Å². The molecule has 0 aliphatic rings. The first kappa shape index (κ1) is 16.0. The second-order valence-corrected chi connectivity index (χ2v) is 6.87. The summed E-state index contributed by atoms with van der Waals surface area (Å²) >= 11 is 6.02. The summed E-state index contributed by atoms with van der Waals surface area (Å²) in [5.41, 5.74) is 4.68. The molecule has 0 saturated heterocycles. The lowest BCUT2D eigenvalue weighted by molar-refractivity contribution is 1.29. The minimum atomic E-state index is 0.720. The number of pyridine rings is 2.